The van der Waals surface area contributed by atoms with Crippen LogP contribution in [-0.4, -0.2) is 49.5 Å². The summed E-state index contributed by atoms with van der Waals surface area (Å²) in [6.45, 7) is 1.46. The first-order valence-electron chi connectivity index (χ1n) is 6.75. The molecule has 23 heavy (non-hydrogen) atoms. The number of methoxy groups -OCH3 is 1. The summed E-state index contributed by atoms with van der Waals surface area (Å²) in [4.78, 5) is 19.2. The molecule has 1 rings (SSSR count). The summed E-state index contributed by atoms with van der Waals surface area (Å²) < 4.78 is 43.1. The van der Waals surface area contributed by atoms with E-state index in [1.165, 1.54) is 20.1 Å². The van der Waals surface area contributed by atoms with Crippen molar-refractivity contribution in [3.8, 4) is 0 Å². The number of rotatable bonds is 8. The van der Waals surface area contributed by atoms with Crippen LogP contribution in [0, 0.1) is 5.92 Å². The normalized spacial score (nSPS) is 35.0. The number of phosphoric acid groups is 1. The van der Waals surface area contributed by atoms with Crippen molar-refractivity contribution in [2.24, 2.45) is 5.92 Å². The van der Waals surface area contributed by atoms with E-state index in [1.807, 2.05) is 0 Å². The van der Waals surface area contributed by atoms with Gasteiger partial charge in [0.05, 0.1) is 14.0 Å². The molecule has 0 amide bonds. The SMILES string of the molecule is [B]C1C[C@H](/C=C/P(=O)(O)OC)[C@@H](OP(=O)(O)O[C@H](C)S)[C@H]1OC. The van der Waals surface area contributed by atoms with Crippen LogP contribution in [0.25, 0.3) is 0 Å². The highest BCUT2D eigenvalue weighted by molar-refractivity contribution is 7.81. The Morgan fingerprint density at radius 2 is 1.91 bits per heavy atom. The van der Waals surface area contributed by atoms with Crippen LogP contribution in [-0.2, 0) is 27.4 Å². The van der Waals surface area contributed by atoms with Crippen LogP contribution in [0.15, 0.2) is 11.9 Å². The van der Waals surface area contributed by atoms with Gasteiger partial charge in [0.2, 0.25) is 0 Å². The number of thiol groups is 1. The Morgan fingerprint density at radius 1 is 1.30 bits per heavy atom. The zero-order valence-corrected chi connectivity index (χ0v) is 15.7. The predicted octanol–water partition coefficient (Wildman–Crippen LogP) is 2.10. The Hall–Kier alpha value is 0.375. The fourth-order valence-corrected chi connectivity index (χ4v) is 4.29. The van der Waals surface area contributed by atoms with Gasteiger partial charge in [0, 0.05) is 26.0 Å². The Balaban J connectivity index is 2.96. The summed E-state index contributed by atoms with van der Waals surface area (Å²) in [5.41, 5.74) is -0.818. The van der Waals surface area contributed by atoms with E-state index in [0.29, 0.717) is 6.42 Å². The summed E-state index contributed by atoms with van der Waals surface area (Å²) in [5.74, 6) is -0.0121. The van der Waals surface area contributed by atoms with Crippen LogP contribution >= 0.6 is 28.0 Å². The molecule has 1 aliphatic rings. The summed E-state index contributed by atoms with van der Waals surface area (Å²) in [6, 6.07) is 0. The van der Waals surface area contributed by atoms with Gasteiger partial charge in [-0.25, -0.2) is 4.57 Å². The van der Waals surface area contributed by atoms with Crippen LogP contribution in [0.3, 0.4) is 0 Å². The Labute approximate surface area is 142 Å². The minimum absolute atomic E-state index is 0.333. The van der Waals surface area contributed by atoms with Crippen LogP contribution in [0.2, 0.25) is 5.82 Å². The lowest BCUT2D eigenvalue weighted by Gasteiger charge is -2.26. The first kappa shape index (κ1) is 21.4. The van der Waals surface area contributed by atoms with Gasteiger partial charge in [0.15, 0.2) is 0 Å². The maximum Gasteiger partial charge on any atom is 0.473 e. The number of phosphoric ester groups is 1. The van der Waals surface area contributed by atoms with Gasteiger partial charge in [-0.3, -0.25) is 13.6 Å². The van der Waals surface area contributed by atoms with Crippen molar-refractivity contribution in [3.05, 3.63) is 11.9 Å². The highest BCUT2D eigenvalue weighted by atomic mass is 32.1. The van der Waals surface area contributed by atoms with Crippen molar-refractivity contribution >= 4 is 35.9 Å². The van der Waals surface area contributed by atoms with Crippen molar-refractivity contribution in [3.63, 3.8) is 0 Å². The summed E-state index contributed by atoms with van der Waals surface area (Å²) in [5, 5.41) is 0. The molecule has 1 saturated carbocycles. The van der Waals surface area contributed by atoms with Gasteiger partial charge < -0.3 is 19.0 Å². The second-order valence-electron chi connectivity index (χ2n) is 5.10. The minimum atomic E-state index is -4.39. The van der Waals surface area contributed by atoms with Gasteiger partial charge in [-0.15, -0.1) is 12.6 Å². The first-order chi connectivity index (χ1) is 10.5. The largest absolute Gasteiger partial charge is 0.473 e. The Bertz CT molecular complexity index is 516. The zero-order chi connectivity index (χ0) is 17.8. The van der Waals surface area contributed by atoms with Gasteiger partial charge in [-0.1, -0.05) is 6.08 Å². The fourth-order valence-electron chi connectivity index (χ4n) is 2.36. The standard InChI is InChI=1S/C11H21BO8P2S/c1-7(23)19-22(15,16)20-10-8(4-5-21(13,14)18-3)6-9(12)11(10)17-2/h4-5,7-11,23H,6H2,1-3H3,(H,13,14)(H,15,16)/b5-4+/t7-,8-,9?,10+,11-/m0/s1. The summed E-state index contributed by atoms with van der Waals surface area (Å²) in [7, 11) is 0.165. The highest BCUT2D eigenvalue weighted by Crippen LogP contribution is 2.52. The van der Waals surface area contributed by atoms with Gasteiger partial charge >= 0.3 is 15.4 Å². The van der Waals surface area contributed by atoms with Gasteiger partial charge in [-0.2, -0.15) is 0 Å². The maximum absolute atomic E-state index is 12.0. The van der Waals surface area contributed by atoms with E-state index in [4.69, 9.17) is 21.6 Å². The maximum atomic E-state index is 12.0. The lowest BCUT2D eigenvalue weighted by molar-refractivity contribution is -0.00712. The quantitative estimate of drug-likeness (QED) is 0.252. The van der Waals surface area contributed by atoms with Gasteiger partial charge in [0.25, 0.3) is 0 Å². The highest BCUT2D eigenvalue weighted by Gasteiger charge is 2.45. The Morgan fingerprint density at radius 3 is 2.39 bits per heavy atom. The van der Waals surface area contributed by atoms with Crippen LogP contribution in [0.5, 0.6) is 0 Å². The van der Waals surface area contributed by atoms with E-state index in [-0.39, 0.29) is 0 Å². The molecule has 0 heterocycles. The molecule has 3 unspecified atom stereocenters. The zero-order valence-electron chi connectivity index (χ0n) is 13.0. The van der Waals surface area contributed by atoms with Crippen molar-refractivity contribution in [1.29, 1.82) is 0 Å². The van der Waals surface area contributed by atoms with Crippen molar-refractivity contribution in [2.75, 3.05) is 14.2 Å². The van der Waals surface area contributed by atoms with E-state index in [1.54, 1.807) is 0 Å². The first-order valence-corrected chi connectivity index (χ1v) is 10.4. The molecule has 12 heteroatoms. The van der Waals surface area contributed by atoms with E-state index < -0.39 is 44.8 Å². The number of hydrogen-bond donors (Lipinski definition) is 3. The molecule has 0 aromatic rings. The smallest absolute Gasteiger partial charge is 0.379 e. The van der Waals surface area contributed by atoms with Crippen LogP contribution < -0.4 is 0 Å². The predicted molar refractivity (Wildman–Crippen MR) is 88.6 cm³/mol. The van der Waals surface area contributed by atoms with E-state index >= 15 is 0 Å². The molecule has 0 bridgehead atoms. The monoisotopic (exact) mass is 386 g/mol. The van der Waals surface area contributed by atoms with Crippen molar-refractivity contribution in [1.82, 2.24) is 0 Å². The molecular formula is C11H21BO8P2S. The van der Waals surface area contributed by atoms with Crippen LogP contribution in [0.4, 0.5) is 0 Å². The molecule has 2 radical (unpaired) electrons. The number of hydrogen-bond acceptors (Lipinski definition) is 7. The molecule has 0 aromatic heterocycles. The van der Waals surface area contributed by atoms with Crippen molar-refractivity contribution in [2.45, 2.75) is 36.8 Å². The van der Waals surface area contributed by atoms with E-state index in [9.17, 15) is 18.9 Å². The second-order valence-corrected chi connectivity index (χ2v) is 8.97. The lowest BCUT2D eigenvalue weighted by atomic mass is 9.83. The third kappa shape index (κ3) is 6.65. The molecule has 0 saturated heterocycles. The second kappa shape index (κ2) is 8.65. The lowest BCUT2D eigenvalue weighted by Crippen LogP contribution is -2.31. The van der Waals surface area contributed by atoms with Crippen LogP contribution in [0.1, 0.15) is 13.3 Å². The van der Waals surface area contributed by atoms with E-state index in [2.05, 4.69) is 17.2 Å². The molecule has 1 aliphatic carbocycles. The molecule has 132 valence electrons. The van der Waals surface area contributed by atoms with Crippen molar-refractivity contribution < 1.29 is 37.2 Å². The molecule has 0 aliphatic heterocycles. The third-order valence-electron chi connectivity index (χ3n) is 3.31. The average Bonchev–Trinajstić information content (AvgIpc) is 2.70. The third-order valence-corrected chi connectivity index (χ3v) is 5.74. The van der Waals surface area contributed by atoms with Gasteiger partial charge in [0.1, 0.15) is 11.5 Å². The average molecular weight is 386 g/mol. The molecule has 0 aromatic carbocycles. The minimum Gasteiger partial charge on any atom is -0.379 e. The topological polar surface area (TPSA) is 112 Å². The molecular weight excluding hydrogens is 365 g/mol. The molecule has 2 N–H and O–H groups in total. The number of ether oxygens (including phenoxy) is 1. The molecule has 1 fully saturated rings. The molecule has 0 spiro atoms. The molecule has 8 nitrogen and oxygen atoms in total. The van der Waals surface area contributed by atoms with Gasteiger partial charge in [-0.05, 0) is 19.2 Å². The summed E-state index contributed by atoms with van der Waals surface area (Å²) in [6.07, 6.45) is 0.105. The summed E-state index contributed by atoms with van der Waals surface area (Å²) >= 11 is 3.87. The Kier molecular flexibility index (Phi) is 8.06. The molecule has 7 atom stereocenters. The fraction of sp³-hybridized carbons (Fsp3) is 0.818. The van der Waals surface area contributed by atoms with E-state index in [0.717, 1.165) is 12.9 Å².